The second kappa shape index (κ2) is 6.62. The molecule has 2 aromatic carbocycles. The number of hydrogen-bond acceptors (Lipinski definition) is 5. The molecule has 0 unspecified atom stereocenters. The first-order valence-electron chi connectivity index (χ1n) is 7.53. The van der Waals surface area contributed by atoms with Gasteiger partial charge < -0.3 is 10.1 Å². The molecule has 0 bridgehead atoms. The summed E-state index contributed by atoms with van der Waals surface area (Å²) in [7, 11) is -2.59. The van der Waals surface area contributed by atoms with Crippen molar-refractivity contribution >= 4 is 21.7 Å². The highest BCUT2D eigenvalue weighted by Gasteiger charge is 2.30. The molecule has 0 atom stereocenters. The molecule has 1 aliphatic heterocycles. The molecule has 24 heavy (non-hydrogen) atoms. The first-order chi connectivity index (χ1) is 11.5. The van der Waals surface area contributed by atoms with E-state index in [2.05, 4.69) is 5.32 Å². The predicted molar refractivity (Wildman–Crippen MR) is 90.3 cm³/mol. The van der Waals surface area contributed by atoms with Crippen LogP contribution in [0.3, 0.4) is 0 Å². The molecule has 0 saturated heterocycles. The number of nitrogens with zero attached hydrogens (tertiary/aromatic N) is 1. The SMILES string of the molecule is COC(=O)c1ccccc1S(=O)(=O)N1CCNc2ccccc2C1. The van der Waals surface area contributed by atoms with Crippen LogP contribution in [0.5, 0.6) is 0 Å². The maximum atomic E-state index is 13.1. The average Bonchev–Trinajstić information content (AvgIpc) is 2.84. The van der Waals surface area contributed by atoms with Crippen molar-refractivity contribution in [3.05, 3.63) is 59.7 Å². The smallest absolute Gasteiger partial charge is 0.339 e. The average molecular weight is 346 g/mol. The number of nitrogens with one attached hydrogen (secondary N) is 1. The van der Waals surface area contributed by atoms with Crippen LogP contribution < -0.4 is 5.32 Å². The zero-order valence-electron chi connectivity index (χ0n) is 13.2. The topological polar surface area (TPSA) is 75.7 Å². The summed E-state index contributed by atoms with van der Waals surface area (Å²) in [5.74, 6) is -0.664. The fourth-order valence-electron chi connectivity index (χ4n) is 2.73. The third-order valence-electron chi connectivity index (χ3n) is 3.95. The fraction of sp³-hybridized carbons (Fsp3) is 0.235. The van der Waals surface area contributed by atoms with Gasteiger partial charge in [-0.3, -0.25) is 0 Å². The van der Waals surface area contributed by atoms with Crippen molar-refractivity contribution in [3.8, 4) is 0 Å². The molecule has 0 spiro atoms. The molecule has 3 rings (SSSR count). The Balaban J connectivity index is 2.01. The van der Waals surface area contributed by atoms with Gasteiger partial charge in [-0.25, -0.2) is 13.2 Å². The lowest BCUT2D eigenvalue weighted by molar-refractivity contribution is 0.0596. The lowest BCUT2D eigenvalue weighted by Gasteiger charge is -2.21. The molecule has 6 nitrogen and oxygen atoms in total. The van der Waals surface area contributed by atoms with E-state index in [4.69, 9.17) is 4.74 Å². The van der Waals surface area contributed by atoms with Gasteiger partial charge in [0.25, 0.3) is 0 Å². The predicted octanol–water partition coefficient (Wildman–Crippen LogP) is 2.09. The Bertz CT molecular complexity index is 864. The van der Waals surface area contributed by atoms with Gasteiger partial charge in [-0.05, 0) is 23.8 Å². The standard InChI is InChI=1S/C17H18N2O4S/c1-23-17(20)14-7-3-5-9-16(14)24(21,22)19-11-10-18-15-8-4-2-6-13(15)12-19/h2-9,18H,10-12H2,1H3. The number of carbonyl (C=O) groups excluding carboxylic acids is 1. The molecule has 0 aromatic heterocycles. The zero-order chi connectivity index (χ0) is 17.2. The Morgan fingerprint density at radius 3 is 2.62 bits per heavy atom. The Hall–Kier alpha value is -2.38. The van der Waals surface area contributed by atoms with Crippen LogP contribution in [0.1, 0.15) is 15.9 Å². The molecule has 0 saturated carbocycles. The maximum absolute atomic E-state index is 13.1. The van der Waals surface area contributed by atoms with Crippen molar-refractivity contribution in [1.82, 2.24) is 4.31 Å². The van der Waals surface area contributed by atoms with E-state index in [1.54, 1.807) is 12.1 Å². The summed E-state index contributed by atoms with van der Waals surface area (Å²) in [5.41, 5.74) is 1.87. The minimum absolute atomic E-state index is 0.0313. The van der Waals surface area contributed by atoms with Crippen molar-refractivity contribution in [2.75, 3.05) is 25.5 Å². The zero-order valence-corrected chi connectivity index (χ0v) is 14.0. The highest BCUT2D eigenvalue weighted by atomic mass is 32.2. The van der Waals surface area contributed by atoms with Crippen LogP contribution in [0, 0.1) is 0 Å². The van der Waals surface area contributed by atoms with E-state index >= 15 is 0 Å². The van der Waals surface area contributed by atoms with Crippen LogP contribution in [-0.2, 0) is 21.3 Å². The Labute approximate surface area is 141 Å². The second-order valence-electron chi connectivity index (χ2n) is 5.41. The molecule has 1 heterocycles. The fourth-order valence-corrected chi connectivity index (χ4v) is 4.33. The van der Waals surface area contributed by atoms with E-state index in [9.17, 15) is 13.2 Å². The quantitative estimate of drug-likeness (QED) is 0.861. The lowest BCUT2D eigenvalue weighted by Crippen LogP contribution is -2.33. The van der Waals surface area contributed by atoms with Gasteiger partial charge in [0, 0.05) is 25.3 Å². The second-order valence-corrected chi connectivity index (χ2v) is 7.32. The van der Waals surface area contributed by atoms with E-state index in [1.165, 1.54) is 23.5 Å². The highest BCUT2D eigenvalue weighted by molar-refractivity contribution is 7.89. The van der Waals surface area contributed by atoms with Gasteiger partial charge in [0.1, 0.15) is 0 Å². The van der Waals surface area contributed by atoms with Gasteiger partial charge in [-0.15, -0.1) is 0 Å². The molecular formula is C17H18N2O4S. The molecule has 1 aliphatic rings. The number of fused-ring (bicyclic) bond motifs is 1. The van der Waals surface area contributed by atoms with Crippen LogP contribution in [-0.4, -0.2) is 38.9 Å². The first-order valence-corrected chi connectivity index (χ1v) is 8.97. The summed E-state index contributed by atoms with van der Waals surface area (Å²) in [4.78, 5) is 11.9. The van der Waals surface area contributed by atoms with Crippen LogP contribution in [0.15, 0.2) is 53.4 Å². The number of benzene rings is 2. The normalized spacial score (nSPS) is 15.0. The lowest BCUT2D eigenvalue weighted by atomic mass is 10.2. The van der Waals surface area contributed by atoms with E-state index in [1.807, 2.05) is 24.3 Å². The third kappa shape index (κ3) is 3.00. The summed E-state index contributed by atoms with van der Waals surface area (Å²) >= 11 is 0. The Morgan fingerprint density at radius 1 is 1.12 bits per heavy atom. The number of methoxy groups -OCH3 is 1. The van der Waals surface area contributed by atoms with Crippen LogP contribution >= 0.6 is 0 Å². The minimum atomic E-state index is -3.82. The van der Waals surface area contributed by atoms with Crippen molar-refractivity contribution in [2.24, 2.45) is 0 Å². The van der Waals surface area contributed by atoms with Gasteiger partial charge in [0.2, 0.25) is 10.0 Å². The van der Waals surface area contributed by atoms with E-state index in [0.29, 0.717) is 13.1 Å². The molecule has 2 aromatic rings. The number of ether oxygens (including phenoxy) is 1. The van der Waals surface area contributed by atoms with Gasteiger partial charge in [0.15, 0.2) is 0 Å². The largest absolute Gasteiger partial charge is 0.465 e. The number of esters is 1. The Morgan fingerprint density at radius 2 is 1.83 bits per heavy atom. The molecule has 126 valence electrons. The molecule has 0 amide bonds. The van der Waals surface area contributed by atoms with Crippen molar-refractivity contribution in [2.45, 2.75) is 11.4 Å². The Kier molecular flexibility index (Phi) is 4.55. The number of rotatable bonds is 3. The summed E-state index contributed by atoms with van der Waals surface area (Å²) < 4.78 is 32.3. The monoisotopic (exact) mass is 346 g/mol. The molecule has 0 radical (unpaired) electrons. The molecule has 7 heteroatoms. The van der Waals surface area contributed by atoms with Gasteiger partial charge >= 0.3 is 5.97 Å². The molecule has 1 N–H and O–H groups in total. The maximum Gasteiger partial charge on any atom is 0.339 e. The molecular weight excluding hydrogens is 328 g/mol. The molecule has 0 aliphatic carbocycles. The summed E-state index contributed by atoms with van der Waals surface area (Å²) in [6.45, 7) is 1.06. The van der Waals surface area contributed by atoms with Crippen LogP contribution in [0.2, 0.25) is 0 Å². The van der Waals surface area contributed by atoms with Gasteiger partial charge in [0.05, 0.1) is 17.6 Å². The van der Waals surface area contributed by atoms with Crippen LogP contribution in [0.25, 0.3) is 0 Å². The van der Waals surface area contributed by atoms with Crippen molar-refractivity contribution in [1.29, 1.82) is 0 Å². The number of hydrogen-bond donors (Lipinski definition) is 1. The van der Waals surface area contributed by atoms with E-state index in [-0.39, 0.29) is 17.0 Å². The van der Waals surface area contributed by atoms with E-state index in [0.717, 1.165) is 11.3 Å². The number of anilines is 1. The first kappa shape index (κ1) is 16.5. The number of sulfonamides is 1. The van der Waals surface area contributed by atoms with E-state index < -0.39 is 16.0 Å². The van der Waals surface area contributed by atoms with Crippen molar-refractivity contribution in [3.63, 3.8) is 0 Å². The number of para-hydroxylation sites is 1. The summed E-state index contributed by atoms with van der Waals surface area (Å²) in [6, 6.07) is 13.7. The highest BCUT2D eigenvalue weighted by Crippen LogP contribution is 2.26. The number of carbonyl (C=O) groups is 1. The summed E-state index contributed by atoms with van der Waals surface area (Å²) in [5, 5.41) is 3.23. The third-order valence-corrected chi connectivity index (χ3v) is 5.85. The van der Waals surface area contributed by atoms with Crippen molar-refractivity contribution < 1.29 is 17.9 Å². The van der Waals surface area contributed by atoms with Gasteiger partial charge in [-0.2, -0.15) is 4.31 Å². The summed E-state index contributed by atoms with van der Waals surface area (Å²) in [6.07, 6.45) is 0. The van der Waals surface area contributed by atoms with Crippen LogP contribution in [0.4, 0.5) is 5.69 Å². The van der Waals surface area contributed by atoms with Gasteiger partial charge in [-0.1, -0.05) is 30.3 Å². The molecule has 0 fully saturated rings. The minimum Gasteiger partial charge on any atom is -0.465 e.